The van der Waals surface area contributed by atoms with E-state index in [1.54, 1.807) is 6.07 Å². The molecule has 1 unspecified atom stereocenters. The van der Waals surface area contributed by atoms with Crippen molar-refractivity contribution < 1.29 is 9.59 Å². The molecule has 5 heteroatoms. The molecule has 2 amide bonds. The monoisotopic (exact) mass is 309 g/mol. The van der Waals surface area contributed by atoms with E-state index in [4.69, 9.17) is 0 Å². The smallest absolute Gasteiger partial charge is 0.270 e. The Hall–Kier alpha value is -2.69. The van der Waals surface area contributed by atoms with Crippen LogP contribution in [0.5, 0.6) is 0 Å². The highest BCUT2D eigenvalue weighted by Gasteiger charge is 2.24. The van der Waals surface area contributed by atoms with Crippen LogP contribution in [0.3, 0.4) is 0 Å². The van der Waals surface area contributed by atoms with Crippen molar-refractivity contribution in [3.8, 4) is 0 Å². The first-order valence-electron chi connectivity index (χ1n) is 7.76. The summed E-state index contributed by atoms with van der Waals surface area (Å²) in [5, 5.41) is 5.80. The maximum absolute atomic E-state index is 12.4. The Kier molecular flexibility index (Phi) is 4.37. The maximum Gasteiger partial charge on any atom is 0.270 e. The number of rotatable bonds is 5. The van der Waals surface area contributed by atoms with Crippen molar-refractivity contribution in [2.45, 2.75) is 31.8 Å². The van der Waals surface area contributed by atoms with Crippen LogP contribution in [0.4, 0.5) is 0 Å². The molecule has 3 rings (SSSR count). The summed E-state index contributed by atoms with van der Waals surface area (Å²) >= 11 is 0. The van der Waals surface area contributed by atoms with Gasteiger partial charge in [-0.3, -0.25) is 14.6 Å². The highest BCUT2D eigenvalue weighted by Crippen LogP contribution is 2.19. The van der Waals surface area contributed by atoms with E-state index in [2.05, 4.69) is 15.6 Å². The summed E-state index contributed by atoms with van der Waals surface area (Å²) in [5.74, 6) is -0.442. The standard InChI is InChI=1S/C18H19N3O2/c1-12(13-5-3-2-4-6-13)20-17(22)14-9-10-19-16(11-14)18(23)21-15-7-8-15/h2-6,9-12,15H,7-8H2,1H3,(H,20,22)(H,21,23). The van der Waals surface area contributed by atoms with E-state index in [0.29, 0.717) is 5.56 Å². The molecule has 1 aromatic carbocycles. The van der Waals surface area contributed by atoms with E-state index in [0.717, 1.165) is 18.4 Å². The lowest BCUT2D eigenvalue weighted by Gasteiger charge is -2.14. The van der Waals surface area contributed by atoms with Gasteiger partial charge in [0.2, 0.25) is 0 Å². The molecule has 1 aromatic heterocycles. The summed E-state index contributed by atoms with van der Waals surface area (Å²) in [6.07, 6.45) is 3.52. The van der Waals surface area contributed by atoms with Crippen LogP contribution in [-0.4, -0.2) is 22.8 Å². The number of carbonyl (C=O) groups is 2. The first-order valence-corrected chi connectivity index (χ1v) is 7.76. The van der Waals surface area contributed by atoms with Crippen molar-refractivity contribution in [2.75, 3.05) is 0 Å². The molecule has 1 fully saturated rings. The Morgan fingerprint density at radius 3 is 2.57 bits per heavy atom. The van der Waals surface area contributed by atoms with Gasteiger partial charge in [-0.25, -0.2) is 0 Å². The summed E-state index contributed by atoms with van der Waals surface area (Å²) in [4.78, 5) is 28.4. The van der Waals surface area contributed by atoms with Crippen molar-refractivity contribution in [2.24, 2.45) is 0 Å². The average molecular weight is 309 g/mol. The Morgan fingerprint density at radius 2 is 1.87 bits per heavy atom. The summed E-state index contributed by atoms with van der Waals surface area (Å²) in [6, 6.07) is 13.0. The third kappa shape index (κ3) is 3.94. The van der Waals surface area contributed by atoms with E-state index in [1.807, 2.05) is 37.3 Å². The fraction of sp³-hybridized carbons (Fsp3) is 0.278. The Balaban J connectivity index is 1.68. The molecule has 2 aromatic rings. The van der Waals surface area contributed by atoms with Crippen molar-refractivity contribution in [1.29, 1.82) is 0 Å². The third-order valence-corrected chi connectivity index (χ3v) is 3.81. The number of hydrogen-bond acceptors (Lipinski definition) is 3. The highest BCUT2D eigenvalue weighted by molar-refractivity contribution is 5.98. The number of pyridine rings is 1. The molecular weight excluding hydrogens is 290 g/mol. The molecule has 0 bridgehead atoms. The van der Waals surface area contributed by atoms with E-state index in [1.165, 1.54) is 12.3 Å². The van der Waals surface area contributed by atoms with Gasteiger partial charge in [0, 0.05) is 17.8 Å². The van der Waals surface area contributed by atoms with Crippen molar-refractivity contribution in [3.63, 3.8) is 0 Å². The lowest BCUT2D eigenvalue weighted by Crippen LogP contribution is -2.29. The highest BCUT2D eigenvalue weighted by atomic mass is 16.2. The zero-order valence-corrected chi connectivity index (χ0v) is 13.0. The van der Waals surface area contributed by atoms with Gasteiger partial charge in [0.05, 0.1) is 6.04 Å². The van der Waals surface area contributed by atoms with Gasteiger partial charge in [-0.2, -0.15) is 0 Å². The van der Waals surface area contributed by atoms with Gasteiger partial charge in [0.15, 0.2) is 0 Å². The number of hydrogen-bond donors (Lipinski definition) is 2. The average Bonchev–Trinajstić information content (AvgIpc) is 3.39. The predicted octanol–water partition coefficient (Wildman–Crippen LogP) is 2.46. The topological polar surface area (TPSA) is 71.1 Å². The zero-order chi connectivity index (χ0) is 16.2. The fourth-order valence-corrected chi connectivity index (χ4v) is 2.29. The van der Waals surface area contributed by atoms with Crippen LogP contribution >= 0.6 is 0 Å². The molecule has 1 saturated carbocycles. The Bertz CT molecular complexity index is 711. The molecule has 0 aliphatic heterocycles. The van der Waals surface area contributed by atoms with E-state index in [9.17, 15) is 9.59 Å². The largest absolute Gasteiger partial charge is 0.348 e. The Labute approximate surface area is 135 Å². The lowest BCUT2D eigenvalue weighted by atomic mass is 10.1. The molecule has 2 N–H and O–H groups in total. The number of carbonyl (C=O) groups excluding carboxylic acids is 2. The third-order valence-electron chi connectivity index (χ3n) is 3.81. The predicted molar refractivity (Wildman–Crippen MR) is 87.0 cm³/mol. The molecule has 1 atom stereocenters. The maximum atomic E-state index is 12.4. The number of nitrogens with one attached hydrogen (secondary N) is 2. The quantitative estimate of drug-likeness (QED) is 0.891. The minimum atomic E-state index is -0.224. The number of benzene rings is 1. The van der Waals surface area contributed by atoms with Gasteiger partial charge in [-0.1, -0.05) is 30.3 Å². The number of amides is 2. The molecule has 0 radical (unpaired) electrons. The van der Waals surface area contributed by atoms with Crippen molar-refractivity contribution >= 4 is 11.8 Å². The Morgan fingerprint density at radius 1 is 1.13 bits per heavy atom. The first-order chi connectivity index (χ1) is 11.1. The van der Waals surface area contributed by atoms with Crippen LogP contribution in [0.25, 0.3) is 0 Å². The van der Waals surface area contributed by atoms with Crippen molar-refractivity contribution in [3.05, 3.63) is 65.5 Å². The van der Waals surface area contributed by atoms with E-state index >= 15 is 0 Å². The first kappa shape index (κ1) is 15.2. The molecular formula is C18H19N3O2. The minimum Gasteiger partial charge on any atom is -0.348 e. The number of nitrogens with zero attached hydrogens (tertiary/aromatic N) is 1. The van der Waals surface area contributed by atoms with Gasteiger partial charge >= 0.3 is 0 Å². The van der Waals surface area contributed by atoms with Gasteiger partial charge < -0.3 is 10.6 Å². The molecule has 118 valence electrons. The van der Waals surface area contributed by atoms with Gasteiger partial charge in [-0.05, 0) is 37.5 Å². The summed E-state index contributed by atoms with van der Waals surface area (Å²) in [5.41, 5.74) is 1.74. The molecule has 23 heavy (non-hydrogen) atoms. The molecule has 0 spiro atoms. The normalized spacial score (nSPS) is 14.8. The van der Waals surface area contributed by atoms with Crippen LogP contribution in [-0.2, 0) is 0 Å². The molecule has 5 nitrogen and oxygen atoms in total. The second-order valence-electron chi connectivity index (χ2n) is 5.78. The van der Waals surface area contributed by atoms with Crippen LogP contribution in [0.15, 0.2) is 48.7 Å². The number of aromatic nitrogens is 1. The van der Waals surface area contributed by atoms with Crippen LogP contribution < -0.4 is 10.6 Å². The summed E-state index contributed by atoms with van der Waals surface area (Å²) in [7, 11) is 0. The van der Waals surface area contributed by atoms with Crippen LogP contribution in [0, 0.1) is 0 Å². The van der Waals surface area contributed by atoms with E-state index in [-0.39, 0.29) is 29.6 Å². The fourth-order valence-electron chi connectivity index (χ4n) is 2.29. The summed E-state index contributed by atoms with van der Waals surface area (Å²) < 4.78 is 0. The van der Waals surface area contributed by atoms with Crippen molar-refractivity contribution in [1.82, 2.24) is 15.6 Å². The second kappa shape index (κ2) is 6.60. The SMILES string of the molecule is CC(NC(=O)c1ccnc(C(=O)NC2CC2)c1)c1ccccc1. The van der Waals surface area contributed by atoms with Gasteiger partial charge in [0.1, 0.15) is 5.69 Å². The molecule has 1 aliphatic rings. The summed E-state index contributed by atoms with van der Waals surface area (Å²) in [6.45, 7) is 1.93. The minimum absolute atomic E-state index is 0.111. The van der Waals surface area contributed by atoms with Crippen LogP contribution in [0.2, 0.25) is 0 Å². The molecule has 1 heterocycles. The van der Waals surface area contributed by atoms with Crippen LogP contribution in [0.1, 0.15) is 52.2 Å². The zero-order valence-electron chi connectivity index (χ0n) is 13.0. The lowest BCUT2D eigenvalue weighted by molar-refractivity contribution is 0.0939. The molecule has 0 saturated heterocycles. The second-order valence-corrected chi connectivity index (χ2v) is 5.78. The van der Waals surface area contributed by atoms with Gasteiger partial charge in [-0.15, -0.1) is 0 Å². The van der Waals surface area contributed by atoms with Gasteiger partial charge in [0.25, 0.3) is 11.8 Å². The molecule has 1 aliphatic carbocycles. The van der Waals surface area contributed by atoms with E-state index < -0.39 is 0 Å².